The zero-order chi connectivity index (χ0) is 33.6. The second-order valence-electron chi connectivity index (χ2n) is 13.1. The molecule has 3 fully saturated rings. The summed E-state index contributed by atoms with van der Waals surface area (Å²) in [5.74, 6) is 1.56. The summed E-state index contributed by atoms with van der Waals surface area (Å²) < 4.78 is 27.3. The van der Waals surface area contributed by atoms with Crippen molar-refractivity contribution in [3.63, 3.8) is 0 Å². The summed E-state index contributed by atoms with van der Waals surface area (Å²) in [5, 5.41) is 20.0. The van der Waals surface area contributed by atoms with Gasteiger partial charge in [0, 0.05) is 55.7 Å². The molecule has 49 heavy (non-hydrogen) atoms. The van der Waals surface area contributed by atoms with Gasteiger partial charge in [-0.2, -0.15) is 0 Å². The molecule has 1 saturated carbocycles. The van der Waals surface area contributed by atoms with E-state index in [1.165, 1.54) is 25.7 Å². The number of nitrogens with one attached hydrogen (secondary N) is 1. The molecule has 1 aromatic carbocycles. The number of tetrazole rings is 1. The molecule has 3 aliphatic rings. The summed E-state index contributed by atoms with van der Waals surface area (Å²) in [6.07, 6.45) is 14.8. The fourth-order valence-corrected chi connectivity index (χ4v) is 7.48. The molecular formula is C34H45ClN10O4. The number of morpholine rings is 1. The maximum Gasteiger partial charge on any atom is 0.256 e. The molecule has 4 aromatic rings. The van der Waals surface area contributed by atoms with E-state index >= 15 is 0 Å². The van der Waals surface area contributed by atoms with Gasteiger partial charge in [-0.25, -0.2) is 14.6 Å². The molecule has 0 radical (unpaired) electrons. The van der Waals surface area contributed by atoms with Crippen molar-refractivity contribution in [2.75, 3.05) is 38.4 Å². The SMILES string of the molecule is CCOCCCOc1nn(C2CCC(N3[C@@H]4CC[C@H]3COC4)CC2)cc1Nc1ncc(-c2ccc(Cl)c(O[C@@H](C)Cn3cnnn3)c2)cn1. The van der Waals surface area contributed by atoms with E-state index in [0.717, 1.165) is 49.3 Å². The van der Waals surface area contributed by atoms with Crippen LogP contribution in [0.4, 0.5) is 11.6 Å². The number of benzene rings is 1. The molecule has 2 aliphatic heterocycles. The second kappa shape index (κ2) is 15.8. The number of halogens is 1. The first-order valence-corrected chi connectivity index (χ1v) is 17.8. The monoisotopic (exact) mass is 692 g/mol. The molecule has 14 nitrogen and oxygen atoms in total. The molecule has 5 heterocycles. The largest absolute Gasteiger partial charge is 0.487 e. The first-order chi connectivity index (χ1) is 24.0. The fourth-order valence-electron chi connectivity index (χ4n) is 7.32. The molecule has 2 bridgehead atoms. The summed E-state index contributed by atoms with van der Waals surface area (Å²) in [5.41, 5.74) is 2.46. The van der Waals surface area contributed by atoms with Crippen molar-refractivity contribution in [3.8, 4) is 22.8 Å². The number of aromatic nitrogens is 8. The van der Waals surface area contributed by atoms with Gasteiger partial charge in [0.15, 0.2) is 0 Å². The standard InChI is InChI=1S/C34H45ClN10O4/c1-3-46-13-4-14-48-33-31(19-44(40-33)26-6-8-27(9-7-26)45-28-10-11-29(45)21-47-20-28)39-34-36-16-25(17-37-34)24-5-12-30(35)32(15-24)49-23(2)18-43-22-38-41-42-43/h5,12,15-17,19,22-23,26-29H,3-4,6-11,13-14,18,20-21H2,1-2H3,(H,36,37,39)/t23-,26?,27?,28-,29+/m0/s1. The van der Waals surface area contributed by atoms with E-state index in [1.54, 1.807) is 23.4 Å². The van der Waals surface area contributed by atoms with Crippen LogP contribution in [0.1, 0.15) is 64.8 Å². The van der Waals surface area contributed by atoms with Crippen LogP contribution in [0.5, 0.6) is 11.6 Å². The van der Waals surface area contributed by atoms with Crippen molar-refractivity contribution in [2.24, 2.45) is 0 Å². The Morgan fingerprint density at radius 3 is 2.47 bits per heavy atom. The van der Waals surface area contributed by atoms with Gasteiger partial charge in [0.25, 0.3) is 5.88 Å². The van der Waals surface area contributed by atoms with Gasteiger partial charge >= 0.3 is 0 Å². The highest BCUT2D eigenvalue weighted by Crippen LogP contribution is 2.39. The molecule has 7 rings (SSSR count). The average Bonchev–Trinajstić information content (AvgIpc) is 3.84. The van der Waals surface area contributed by atoms with Gasteiger partial charge in [-0.05, 0) is 80.5 Å². The van der Waals surface area contributed by atoms with Gasteiger partial charge in [-0.3, -0.25) is 9.58 Å². The summed E-state index contributed by atoms with van der Waals surface area (Å²) in [7, 11) is 0. The topological polar surface area (TPSA) is 139 Å². The minimum absolute atomic E-state index is 0.203. The zero-order valence-electron chi connectivity index (χ0n) is 28.2. The van der Waals surface area contributed by atoms with Crippen molar-refractivity contribution in [2.45, 2.75) is 95.6 Å². The highest BCUT2D eigenvalue weighted by molar-refractivity contribution is 6.32. The van der Waals surface area contributed by atoms with Crippen LogP contribution in [0.25, 0.3) is 11.1 Å². The number of ether oxygens (including phenoxy) is 4. The lowest BCUT2D eigenvalue weighted by Crippen LogP contribution is -2.52. The van der Waals surface area contributed by atoms with Gasteiger partial charge in [0.1, 0.15) is 23.9 Å². The lowest BCUT2D eigenvalue weighted by atomic mass is 9.89. The Morgan fingerprint density at radius 2 is 1.73 bits per heavy atom. The predicted octanol–water partition coefficient (Wildman–Crippen LogP) is 5.34. The van der Waals surface area contributed by atoms with Gasteiger partial charge in [0.2, 0.25) is 5.95 Å². The van der Waals surface area contributed by atoms with Crippen molar-refractivity contribution in [3.05, 3.63) is 48.1 Å². The molecule has 0 amide bonds. The molecule has 262 valence electrons. The van der Waals surface area contributed by atoms with Crippen LogP contribution in [0.15, 0.2) is 43.1 Å². The van der Waals surface area contributed by atoms with E-state index < -0.39 is 0 Å². The second-order valence-corrected chi connectivity index (χ2v) is 13.5. The summed E-state index contributed by atoms with van der Waals surface area (Å²) in [6, 6.07) is 7.76. The van der Waals surface area contributed by atoms with E-state index in [9.17, 15) is 0 Å². The Labute approximate surface area is 291 Å². The Kier molecular flexibility index (Phi) is 10.8. The molecule has 15 heteroatoms. The van der Waals surface area contributed by atoms with Gasteiger partial charge in [0.05, 0.1) is 43.6 Å². The first-order valence-electron chi connectivity index (χ1n) is 17.4. The van der Waals surface area contributed by atoms with Crippen LogP contribution in [0.2, 0.25) is 5.02 Å². The Balaban J connectivity index is 1.01. The highest BCUT2D eigenvalue weighted by Gasteiger charge is 2.42. The number of hydrogen-bond donors (Lipinski definition) is 1. The third-order valence-corrected chi connectivity index (χ3v) is 9.97. The predicted molar refractivity (Wildman–Crippen MR) is 183 cm³/mol. The van der Waals surface area contributed by atoms with Crippen LogP contribution >= 0.6 is 11.6 Å². The molecule has 3 atom stereocenters. The molecule has 0 unspecified atom stereocenters. The summed E-state index contributed by atoms with van der Waals surface area (Å²) in [4.78, 5) is 12.0. The van der Waals surface area contributed by atoms with E-state index in [1.807, 2.05) is 38.2 Å². The van der Waals surface area contributed by atoms with Crippen LogP contribution in [-0.4, -0.2) is 102 Å². The summed E-state index contributed by atoms with van der Waals surface area (Å²) in [6.45, 7) is 8.03. The van der Waals surface area contributed by atoms with Gasteiger partial charge in [-0.1, -0.05) is 17.7 Å². The molecule has 1 N–H and O–H groups in total. The quantitative estimate of drug-likeness (QED) is 0.161. The number of rotatable bonds is 15. The minimum atomic E-state index is -0.203. The zero-order valence-corrected chi connectivity index (χ0v) is 28.9. The maximum absolute atomic E-state index is 6.47. The maximum atomic E-state index is 6.47. The number of hydrogen-bond acceptors (Lipinski definition) is 12. The van der Waals surface area contributed by atoms with E-state index in [-0.39, 0.29) is 6.10 Å². The lowest BCUT2D eigenvalue weighted by Gasteiger charge is -2.43. The third-order valence-electron chi connectivity index (χ3n) is 9.66. The van der Waals surface area contributed by atoms with Crippen LogP contribution in [-0.2, 0) is 16.0 Å². The molecule has 0 spiro atoms. The number of nitrogens with zero attached hydrogens (tertiary/aromatic N) is 9. The number of fused-ring (bicyclic) bond motifs is 2. The van der Waals surface area contributed by atoms with Gasteiger partial charge in [-0.15, -0.1) is 10.2 Å². The smallest absolute Gasteiger partial charge is 0.256 e. The normalized spacial score (nSPS) is 23.0. The molecule has 3 aromatic heterocycles. The van der Waals surface area contributed by atoms with Crippen molar-refractivity contribution in [1.29, 1.82) is 0 Å². The van der Waals surface area contributed by atoms with Gasteiger partial charge < -0.3 is 24.3 Å². The van der Waals surface area contributed by atoms with Crippen LogP contribution < -0.4 is 14.8 Å². The van der Waals surface area contributed by atoms with E-state index in [0.29, 0.717) is 73.1 Å². The number of anilines is 2. The van der Waals surface area contributed by atoms with Crippen molar-refractivity contribution < 1.29 is 18.9 Å². The first kappa shape index (κ1) is 33.6. The Hall–Kier alpha value is -3.85. The fraction of sp³-hybridized carbons (Fsp3) is 0.588. The van der Waals surface area contributed by atoms with Crippen LogP contribution in [0, 0.1) is 0 Å². The third kappa shape index (κ3) is 8.14. The molecule has 1 aliphatic carbocycles. The van der Waals surface area contributed by atoms with Crippen molar-refractivity contribution >= 4 is 23.2 Å². The Morgan fingerprint density at radius 1 is 0.980 bits per heavy atom. The molecular weight excluding hydrogens is 648 g/mol. The van der Waals surface area contributed by atoms with Crippen molar-refractivity contribution in [1.82, 2.24) is 44.9 Å². The molecule has 2 saturated heterocycles. The highest BCUT2D eigenvalue weighted by atomic mass is 35.5. The lowest BCUT2D eigenvalue weighted by molar-refractivity contribution is -0.0458. The summed E-state index contributed by atoms with van der Waals surface area (Å²) >= 11 is 6.47. The van der Waals surface area contributed by atoms with E-state index in [4.69, 9.17) is 35.6 Å². The van der Waals surface area contributed by atoms with E-state index in [2.05, 4.69) is 40.4 Å². The Bertz CT molecular complexity index is 1610. The average molecular weight is 693 g/mol. The van der Waals surface area contributed by atoms with Crippen LogP contribution in [0.3, 0.4) is 0 Å². The minimum Gasteiger partial charge on any atom is -0.487 e.